The Morgan fingerprint density at radius 3 is 2.39 bits per heavy atom. The molecule has 0 fully saturated rings. The lowest BCUT2D eigenvalue weighted by Crippen LogP contribution is -2.15. The molecule has 0 radical (unpaired) electrons. The molecule has 2 aromatic heterocycles. The van der Waals surface area contributed by atoms with E-state index in [0.29, 0.717) is 18.2 Å². The van der Waals surface area contributed by atoms with E-state index in [4.69, 9.17) is 5.73 Å². The number of benzene rings is 1. The number of amides is 1. The molecule has 2 heterocycles. The number of anilines is 1. The second kappa shape index (κ2) is 9.97. The van der Waals surface area contributed by atoms with Gasteiger partial charge in [-0.15, -0.1) is 36.2 Å². The number of hydrogen-bond donors (Lipinski definition) is 3. The van der Waals surface area contributed by atoms with Crippen LogP contribution in [0.2, 0.25) is 0 Å². The van der Waals surface area contributed by atoms with Gasteiger partial charge in [0, 0.05) is 22.0 Å². The van der Waals surface area contributed by atoms with E-state index >= 15 is 0 Å². The van der Waals surface area contributed by atoms with E-state index in [0.717, 1.165) is 22.0 Å². The fourth-order valence-electron chi connectivity index (χ4n) is 2.32. The fraction of sp³-hybridized carbons (Fsp3) is 0.333. The van der Waals surface area contributed by atoms with Gasteiger partial charge in [0.15, 0.2) is 5.82 Å². The van der Waals surface area contributed by atoms with Crippen molar-refractivity contribution >= 4 is 47.7 Å². The summed E-state index contributed by atoms with van der Waals surface area (Å²) in [6, 6.07) is 7.37. The highest BCUT2D eigenvalue weighted by atomic mass is 35.5. The van der Waals surface area contributed by atoms with Crippen molar-refractivity contribution in [1.82, 2.24) is 20.2 Å². The average Bonchev–Trinajstić information content (AvgIpc) is 3.24. The Bertz CT molecular complexity index is 901. The number of aromatic nitrogens is 4. The molecule has 0 atom stereocenters. The monoisotopic (exact) mass is 442 g/mol. The molecule has 1 amide bonds. The first-order valence-electron chi connectivity index (χ1n) is 8.31. The zero-order valence-electron chi connectivity index (χ0n) is 15.9. The van der Waals surface area contributed by atoms with Gasteiger partial charge < -0.3 is 11.1 Å². The summed E-state index contributed by atoms with van der Waals surface area (Å²) in [4.78, 5) is 21.1. The minimum Gasteiger partial charge on any atom is -0.326 e. The van der Waals surface area contributed by atoms with Crippen LogP contribution in [0.3, 0.4) is 0 Å². The largest absolute Gasteiger partial charge is 0.326 e. The molecule has 0 saturated carbocycles. The first kappa shape index (κ1) is 24.0. The number of rotatable bonds is 5. The molecular weight excluding hydrogens is 419 g/mol. The summed E-state index contributed by atoms with van der Waals surface area (Å²) in [5.74, 6) is 1.13. The molecule has 0 aliphatic rings. The van der Waals surface area contributed by atoms with Crippen LogP contribution in [0.4, 0.5) is 5.69 Å². The van der Waals surface area contributed by atoms with Crippen LogP contribution in [0.1, 0.15) is 37.3 Å². The average molecular weight is 443 g/mol. The van der Waals surface area contributed by atoms with Crippen molar-refractivity contribution in [2.45, 2.75) is 39.2 Å². The zero-order chi connectivity index (χ0) is 18.7. The molecule has 7 nitrogen and oxygen atoms in total. The van der Waals surface area contributed by atoms with Crippen molar-refractivity contribution in [3.05, 3.63) is 46.2 Å². The number of halogens is 2. The van der Waals surface area contributed by atoms with Crippen LogP contribution in [-0.2, 0) is 23.2 Å². The van der Waals surface area contributed by atoms with E-state index in [1.165, 1.54) is 0 Å². The summed E-state index contributed by atoms with van der Waals surface area (Å²) >= 11 is 1.59. The third-order valence-electron chi connectivity index (χ3n) is 3.69. The molecule has 0 bridgehead atoms. The summed E-state index contributed by atoms with van der Waals surface area (Å²) in [5.41, 5.74) is 7.89. The molecule has 0 unspecified atom stereocenters. The maximum atomic E-state index is 12.2. The van der Waals surface area contributed by atoms with Crippen molar-refractivity contribution in [3.63, 3.8) is 0 Å². The van der Waals surface area contributed by atoms with E-state index in [1.807, 2.05) is 29.6 Å². The third kappa shape index (κ3) is 6.00. The number of carbonyl (C=O) groups excluding carboxylic acids is 1. The van der Waals surface area contributed by atoms with Gasteiger partial charge in [-0.25, -0.2) is 9.97 Å². The minimum absolute atomic E-state index is 0. The van der Waals surface area contributed by atoms with E-state index in [9.17, 15) is 4.79 Å². The number of carbonyl (C=O) groups is 1. The molecule has 3 rings (SSSR count). The lowest BCUT2D eigenvalue weighted by Gasteiger charge is -2.13. The molecular formula is C18H24Cl2N6OS. The Morgan fingerprint density at radius 2 is 1.86 bits per heavy atom. The lowest BCUT2D eigenvalue weighted by molar-refractivity contribution is -0.115. The normalized spacial score (nSPS) is 10.7. The van der Waals surface area contributed by atoms with Gasteiger partial charge >= 0.3 is 0 Å². The van der Waals surface area contributed by atoms with Crippen LogP contribution < -0.4 is 11.1 Å². The highest BCUT2D eigenvalue weighted by Crippen LogP contribution is 2.26. The van der Waals surface area contributed by atoms with Crippen LogP contribution in [0.25, 0.3) is 11.4 Å². The number of thiazole rings is 1. The SMILES string of the molecule is CC(C)(C)c1nc(CC(=O)Nc2ccc(-c3n[nH]c(CN)n3)cc2)cs1.Cl.Cl. The maximum Gasteiger partial charge on any atom is 0.230 e. The van der Waals surface area contributed by atoms with Gasteiger partial charge in [0.25, 0.3) is 0 Å². The Labute approximate surface area is 180 Å². The van der Waals surface area contributed by atoms with Gasteiger partial charge in [0.1, 0.15) is 5.82 Å². The maximum absolute atomic E-state index is 12.2. The molecule has 0 saturated heterocycles. The number of aromatic amines is 1. The molecule has 0 aliphatic carbocycles. The number of H-pyrrole nitrogens is 1. The summed E-state index contributed by atoms with van der Waals surface area (Å²) in [7, 11) is 0. The van der Waals surface area contributed by atoms with Crippen LogP contribution >= 0.6 is 36.2 Å². The Balaban J connectivity index is 0.00000196. The van der Waals surface area contributed by atoms with Gasteiger partial charge in [-0.05, 0) is 24.3 Å². The highest BCUT2D eigenvalue weighted by molar-refractivity contribution is 7.09. The summed E-state index contributed by atoms with van der Waals surface area (Å²) in [6.45, 7) is 6.65. The summed E-state index contributed by atoms with van der Waals surface area (Å²) in [5, 5.41) is 12.8. The summed E-state index contributed by atoms with van der Waals surface area (Å²) in [6.07, 6.45) is 0.259. The standard InChI is InChI=1S/C18H22N6OS.2ClH/c1-18(2,3)17-21-13(10-26-17)8-15(25)20-12-6-4-11(5-7-12)16-22-14(9-19)23-24-16;;/h4-7,10H,8-9,19H2,1-3H3,(H,20,25)(H,22,23,24);2*1H. The third-order valence-corrected chi connectivity index (χ3v) is 5.00. The fourth-order valence-corrected chi connectivity index (χ4v) is 3.23. The molecule has 1 aromatic carbocycles. The van der Waals surface area contributed by atoms with Gasteiger partial charge in [0.2, 0.25) is 5.91 Å². The Kier molecular flexibility index (Phi) is 8.56. The van der Waals surface area contributed by atoms with Crippen molar-refractivity contribution in [2.75, 3.05) is 5.32 Å². The minimum atomic E-state index is -0.0909. The van der Waals surface area contributed by atoms with Crippen molar-refractivity contribution < 1.29 is 4.79 Å². The first-order valence-corrected chi connectivity index (χ1v) is 9.19. The number of nitrogens with two attached hydrogens (primary N) is 1. The van der Waals surface area contributed by atoms with E-state index in [1.54, 1.807) is 11.3 Å². The van der Waals surface area contributed by atoms with Crippen LogP contribution in [0.15, 0.2) is 29.6 Å². The predicted octanol–water partition coefficient (Wildman–Crippen LogP) is 3.71. The number of nitrogens with one attached hydrogen (secondary N) is 2. The molecule has 0 spiro atoms. The smallest absolute Gasteiger partial charge is 0.230 e. The molecule has 4 N–H and O–H groups in total. The second-order valence-electron chi connectivity index (χ2n) is 7.01. The molecule has 28 heavy (non-hydrogen) atoms. The Hall–Kier alpha value is -2.00. The number of nitrogens with zero attached hydrogens (tertiary/aromatic N) is 3. The van der Waals surface area contributed by atoms with Crippen molar-refractivity contribution in [2.24, 2.45) is 5.73 Å². The first-order chi connectivity index (χ1) is 12.3. The quantitative estimate of drug-likeness (QED) is 0.557. The van der Waals surface area contributed by atoms with Crippen molar-refractivity contribution in [1.29, 1.82) is 0 Å². The van der Waals surface area contributed by atoms with Gasteiger partial charge in [-0.3, -0.25) is 9.89 Å². The van der Waals surface area contributed by atoms with Crippen LogP contribution in [0, 0.1) is 0 Å². The zero-order valence-corrected chi connectivity index (χ0v) is 18.3. The Morgan fingerprint density at radius 1 is 1.18 bits per heavy atom. The van der Waals surface area contributed by atoms with Crippen molar-refractivity contribution in [3.8, 4) is 11.4 Å². The van der Waals surface area contributed by atoms with Gasteiger partial charge in [-0.2, -0.15) is 5.10 Å². The highest BCUT2D eigenvalue weighted by Gasteiger charge is 2.18. The van der Waals surface area contributed by atoms with Gasteiger partial charge in [0.05, 0.1) is 23.7 Å². The molecule has 152 valence electrons. The molecule has 3 aromatic rings. The topological polar surface area (TPSA) is 110 Å². The number of hydrogen-bond acceptors (Lipinski definition) is 6. The van der Waals surface area contributed by atoms with E-state index < -0.39 is 0 Å². The second-order valence-corrected chi connectivity index (χ2v) is 7.86. The molecule has 0 aliphatic heterocycles. The predicted molar refractivity (Wildman–Crippen MR) is 117 cm³/mol. The van der Waals surface area contributed by atoms with Crippen LogP contribution in [-0.4, -0.2) is 26.1 Å². The van der Waals surface area contributed by atoms with Crippen LogP contribution in [0.5, 0.6) is 0 Å². The van der Waals surface area contributed by atoms with E-state index in [2.05, 4.69) is 46.3 Å². The molecule has 10 heteroatoms. The summed E-state index contributed by atoms with van der Waals surface area (Å²) < 4.78 is 0. The van der Waals surface area contributed by atoms with E-state index in [-0.39, 0.29) is 42.6 Å². The van der Waals surface area contributed by atoms with Gasteiger partial charge in [-0.1, -0.05) is 20.8 Å². The lowest BCUT2D eigenvalue weighted by atomic mass is 9.98.